The molecular formula is C19H22ClN3O4S. The van der Waals surface area contributed by atoms with Crippen molar-refractivity contribution in [2.24, 2.45) is 5.92 Å². The molecule has 0 bridgehead atoms. The molecule has 1 fully saturated rings. The molecule has 0 radical (unpaired) electrons. The zero-order chi connectivity index (χ0) is 19.7. The quantitative estimate of drug-likeness (QED) is 0.814. The number of aromatic nitrogens is 1. The number of halogens is 1. The lowest BCUT2D eigenvalue weighted by Crippen LogP contribution is -2.41. The van der Waals surface area contributed by atoms with E-state index in [1.807, 2.05) is 0 Å². The SMILES string of the molecule is O=C(Nc1onc2c1CCCC2)C1CCN(S(=O)(=O)c2ccc(Cl)cc2)CC1. The molecule has 9 heteroatoms. The molecule has 1 N–H and O–H groups in total. The molecule has 0 saturated carbocycles. The first-order chi connectivity index (χ1) is 13.4. The molecular weight excluding hydrogens is 402 g/mol. The number of anilines is 1. The predicted octanol–water partition coefficient (Wildman–Crippen LogP) is 3.25. The van der Waals surface area contributed by atoms with Crippen molar-refractivity contribution >= 4 is 33.4 Å². The highest BCUT2D eigenvalue weighted by Crippen LogP contribution is 2.29. The predicted molar refractivity (Wildman–Crippen MR) is 105 cm³/mol. The summed E-state index contributed by atoms with van der Waals surface area (Å²) in [7, 11) is -3.58. The number of carbonyl (C=O) groups is 1. The highest BCUT2D eigenvalue weighted by Gasteiger charge is 2.33. The van der Waals surface area contributed by atoms with Crippen LogP contribution in [-0.2, 0) is 27.7 Å². The molecule has 2 heterocycles. The number of benzene rings is 1. The number of aryl methyl sites for hydroxylation is 1. The van der Waals surface area contributed by atoms with Crippen LogP contribution in [0.1, 0.15) is 36.9 Å². The van der Waals surface area contributed by atoms with Crippen molar-refractivity contribution in [1.82, 2.24) is 9.46 Å². The van der Waals surface area contributed by atoms with E-state index in [0.717, 1.165) is 36.9 Å². The Bertz CT molecular complexity index is 964. The van der Waals surface area contributed by atoms with Crippen LogP contribution in [-0.4, -0.2) is 36.9 Å². The van der Waals surface area contributed by atoms with Crippen molar-refractivity contribution in [1.29, 1.82) is 0 Å². The Hall–Kier alpha value is -1.90. The largest absolute Gasteiger partial charge is 0.338 e. The first kappa shape index (κ1) is 19.4. The van der Waals surface area contributed by atoms with Crippen molar-refractivity contribution in [2.45, 2.75) is 43.4 Å². The lowest BCUT2D eigenvalue weighted by molar-refractivity contribution is -0.121. The van der Waals surface area contributed by atoms with Crippen LogP contribution in [0.5, 0.6) is 0 Å². The van der Waals surface area contributed by atoms with Gasteiger partial charge in [-0.05, 0) is 62.8 Å². The van der Waals surface area contributed by atoms with Gasteiger partial charge in [-0.15, -0.1) is 0 Å². The summed E-state index contributed by atoms with van der Waals surface area (Å²) in [4.78, 5) is 12.8. The molecule has 1 aliphatic heterocycles. The van der Waals surface area contributed by atoms with Gasteiger partial charge in [-0.1, -0.05) is 16.8 Å². The fourth-order valence-corrected chi connectivity index (χ4v) is 5.41. The van der Waals surface area contributed by atoms with Gasteiger partial charge in [0.25, 0.3) is 0 Å². The Morgan fingerprint density at radius 3 is 2.54 bits per heavy atom. The number of amides is 1. The van der Waals surface area contributed by atoms with E-state index in [0.29, 0.717) is 36.8 Å². The summed E-state index contributed by atoms with van der Waals surface area (Å²) in [5, 5.41) is 7.40. The molecule has 1 saturated heterocycles. The Balaban J connectivity index is 1.38. The summed E-state index contributed by atoms with van der Waals surface area (Å²) in [5.41, 5.74) is 1.94. The fraction of sp³-hybridized carbons (Fsp3) is 0.474. The normalized spacial score (nSPS) is 18.6. The number of hydrogen-bond donors (Lipinski definition) is 1. The molecule has 0 unspecified atom stereocenters. The monoisotopic (exact) mass is 423 g/mol. The number of fused-ring (bicyclic) bond motifs is 1. The first-order valence-corrected chi connectivity index (χ1v) is 11.3. The lowest BCUT2D eigenvalue weighted by Gasteiger charge is -2.30. The molecule has 4 rings (SSSR count). The van der Waals surface area contributed by atoms with Crippen LogP contribution < -0.4 is 5.32 Å². The lowest BCUT2D eigenvalue weighted by atomic mass is 9.96. The van der Waals surface area contributed by atoms with Crippen molar-refractivity contribution in [2.75, 3.05) is 18.4 Å². The van der Waals surface area contributed by atoms with Gasteiger partial charge in [-0.25, -0.2) is 8.42 Å². The summed E-state index contributed by atoms with van der Waals surface area (Å²) in [6.45, 7) is 0.606. The smallest absolute Gasteiger partial charge is 0.243 e. The number of carbonyl (C=O) groups excluding carboxylic acids is 1. The Kier molecular flexibility index (Phi) is 5.44. The summed E-state index contributed by atoms with van der Waals surface area (Å²) in [6, 6.07) is 6.13. The topological polar surface area (TPSA) is 92.5 Å². The van der Waals surface area contributed by atoms with E-state index in [1.165, 1.54) is 16.4 Å². The third kappa shape index (κ3) is 3.81. The average Bonchev–Trinajstić information content (AvgIpc) is 3.11. The average molecular weight is 424 g/mol. The second-order valence-electron chi connectivity index (χ2n) is 7.27. The summed E-state index contributed by atoms with van der Waals surface area (Å²) < 4.78 is 32.3. The number of nitrogens with zero attached hydrogens (tertiary/aromatic N) is 2. The fourth-order valence-electron chi connectivity index (χ4n) is 3.82. The van der Waals surface area contributed by atoms with Crippen molar-refractivity contribution in [3.05, 3.63) is 40.5 Å². The van der Waals surface area contributed by atoms with Crippen LogP contribution >= 0.6 is 11.6 Å². The molecule has 1 aromatic heterocycles. The molecule has 1 aliphatic carbocycles. The van der Waals surface area contributed by atoms with E-state index in [4.69, 9.17) is 16.1 Å². The van der Waals surface area contributed by atoms with Gasteiger partial charge in [-0.3, -0.25) is 10.1 Å². The summed E-state index contributed by atoms with van der Waals surface area (Å²) in [6.07, 6.45) is 4.84. The Labute approximate surface area is 169 Å². The van der Waals surface area contributed by atoms with E-state index in [2.05, 4.69) is 10.5 Å². The number of nitrogens with one attached hydrogen (secondary N) is 1. The maximum Gasteiger partial charge on any atom is 0.243 e. The minimum Gasteiger partial charge on any atom is -0.338 e. The van der Waals surface area contributed by atoms with E-state index >= 15 is 0 Å². The van der Waals surface area contributed by atoms with E-state index < -0.39 is 10.0 Å². The van der Waals surface area contributed by atoms with Crippen LogP contribution in [0.4, 0.5) is 5.88 Å². The van der Waals surface area contributed by atoms with Gasteiger partial charge >= 0.3 is 0 Å². The van der Waals surface area contributed by atoms with Crippen molar-refractivity contribution in [3.63, 3.8) is 0 Å². The van der Waals surface area contributed by atoms with Crippen LogP contribution in [0.25, 0.3) is 0 Å². The number of piperidine rings is 1. The van der Waals surface area contributed by atoms with Crippen molar-refractivity contribution in [3.8, 4) is 0 Å². The Morgan fingerprint density at radius 2 is 1.82 bits per heavy atom. The highest BCUT2D eigenvalue weighted by molar-refractivity contribution is 7.89. The second-order valence-corrected chi connectivity index (χ2v) is 9.64. The van der Waals surface area contributed by atoms with Gasteiger partial charge in [0.1, 0.15) is 0 Å². The number of sulfonamides is 1. The van der Waals surface area contributed by atoms with Gasteiger partial charge in [0.05, 0.1) is 10.6 Å². The molecule has 2 aromatic rings. The van der Waals surface area contributed by atoms with E-state index in [1.54, 1.807) is 12.1 Å². The van der Waals surface area contributed by atoms with Gasteiger partial charge in [0.2, 0.25) is 21.8 Å². The van der Waals surface area contributed by atoms with Gasteiger partial charge in [0, 0.05) is 29.6 Å². The minimum absolute atomic E-state index is 0.131. The third-order valence-corrected chi connectivity index (χ3v) is 7.64. The molecule has 0 atom stereocenters. The molecule has 1 aromatic carbocycles. The van der Waals surface area contributed by atoms with Crippen LogP contribution in [0.15, 0.2) is 33.7 Å². The Morgan fingerprint density at radius 1 is 1.14 bits per heavy atom. The van der Waals surface area contributed by atoms with Gasteiger partial charge in [-0.2, -0.15) is 4.31 Å². The van der Waals surface area contributed by atoms with Crippen LogP contribution in [0.2, 0.25) is 5.02 Å². The van der Waals surface area contributed by atoms with Gasteiger partial charge < -0.3 is 4.52 Å². The van der Waals surface area contributed by atoms with Gasteiger partial charge in [0.15, 0.2) is 0 Å². The molecule has 28 heavy (non-hydrogen) atoms. The third-order valence-electron chi connectivity index (χ3n) is 5.47. The van der Waals surface area contributed by atoms with Crippen LogP contribution in [0.3, 0.4) is 0 Å². The first-order valence-electron chi connectivity index (χ1n) is 9.49. The maximum absolute atomic E-state index is 12.8. The van der Waals surface area contributed by atoms with E-state index in [-0.39, 0.29) is 16.7 Å². The molecule has 150 valence electrons. The summed E-state index contributed by atoms with van der Waals surface area (Å²) in [5.74, 6) is 0.0741. The zero-order valence-corrected chi connectivity index (χ0v) is 16.9. The molecule has 2 aliphatic rings. The molecule has 0 spiro atoms. The number of rotatable bonds is 4. The molecule has 7 nitrogen and oxygen atoms in total. The van der Waals surface area contributed by atoms with E-state index in [9.17, 15) is 13.2 Å². The maximum atomic E-state index is 12.8. The number of hydrogen-bond acceptors (Lipinski definition) is 5. The van der Waals surface area contributed by atoms with Crippen molar-refractivity contribution < 1.29 is 17.7 Å². The zero-order valence-electron chi connectivity index (χ0n) is 15.4. The summed E-state index contributed by atoms with van der Waals surface area (Å²) >= 11 is 5.84. The standard InChI is InChI=1S/C19H22ClN3O4S/c20-14-5-7-15(8-6-14)28(25,26)23-11-9-13(10-12-23)18(24)21-19-16-3-1-2-4-17(16)22-27-19/h5-8,13H,1-4,9-12H2,(H,21,24). The second kappa shape index (κ2) is 7.85. The van der Waals surface area contributed by atoms with Crippen LogP contribution in [0, 0.1) is 5.92 Å². The molecule has 1 amide bonds. The minimum atomic E-state index is -3.58. The highest BCUT2D eigenvalue weighted by atomic mass is 35.5.